The number of hydrogen-bond acceptors (Lipinski definition) is 5. The number of anilines is 2. The van der Waals surface area contributed by atoms with Crippen molar-refractivity contribution in [2.75, 3.05) is 23.8 Å². The molecule has 3 heterocycles. The number of benzene rings is 2. The van der Waals surface area contributed by atoms with Crippen LogP contribution >= 0.6 is 0 Å². The summed E-state index contributed by atoms with van der Waals surface area (Å²) in [4.78, 5) is 24.2. The Kier molecular flexibility index (Phi) is 6.13. The third kappa shape index (κ3) is 5.30. The fourth-order valence-corrected chi connectivity index (χ4v) is 3.56. The van der Waals surface area contributed by atoms with Crippen LogP contribution in [0.1, 0.15) is 11.1 Å². The summed E-state index contributed by atoms with van der Waals surface area (Å²) in [5, 5.41) is 5.19. The van der Waals surface area contributed by atoms with E-state index < -0.39 is 11.8 Å². The normalized spacial score (nSPS) is 12.6. The molecule has 1 aliphatic heterocycles. The molecule has 35 heavy (non-hydrogen) atoms. The first-order chi connectivity index (χ1) is 17.0. The zero-order valence-corrected chi connectivity index (χ0v) is 18.8. The summed E-state index contributed by atoms with van der Waals surface area (Å²) in [6.45, 7) is 3.09. The molecule has 0 atom stereocenters. The molecule has 0 spiro atoms. The molecule has 3 N–H and O–H groups in total. The molecule has 2 aromatic heterocycles. The van der Waals surface area contributed by atoms with Crippen LogP contribution in [0.5, 0.6) is 11.5 Å². The second kappa shape index (κ2) is 9.68. The van der Waals surface area contributed by atoms with Crippen molar-refractivity contribution < 1.29 is 18.7 Å². The molecule has 176 valence electrons. The molecule has 0 aliphatic carbocycles. The molecule has 2 aromatic carbocycles. The van der Waals surface area contributed by atoms with Crippen molar-refractivity contribution in [3.8, 4) is 22.9 Å². The van der Waals surface area contributed by atoms with Crippen molar-refractivity contribution in [3.63, 3.8) is 0 Å². The Morgan fingerprint density at radius 3 is 2.71 bits per heavy atom. The van der Waals surface area contributed by atoms with Crippen LogP contribution in [-0.2, 0) is 4.74 Å². The number of aryl methyl sites for hydroxylation is 1. The number of H-pyrrole nitrogens is 1. The fraction of sp³-hybridized carbons (Fsp3) is 0.115. The van der Waals surface area contributed by atoms with Gasteiger partial charge < -0.3 is 25.1 Å². The molecule has 0 fully saturated rings. The van der Waals surface area contributed by atoms with Gasteiger partial charge in [0.05, 0.1) is 29.2 Å². The van der Waals surface area contributed by atoms with E-state index in [0.717, 1.165) is 16.8 Å². The van der Waals surface area contributed by atoms with Gasteiger partial charge in [-0.1, -0.05) is 6.07 Å². The zero-order chi connectivity index (χ0) is 24.2. The minimum atomic E-state index is -0.541. The van der Waals surface area contributed by atoms with Crippen LogP contribution in [0.4, 0.5) is 20.6 Å². The monoisotopic (exact) mass is 471 g/mol. The molecule has 4 aromatic rings. The highest BCUT2D eigenvalue weighted by Crippen LogP contribution is 2.27. The number of amides is 2. The average Bonchev–Trinajstić information content (AvgIpc) is 3.55. The Morgan fingerprint density at radius 1 is 1.06 bits per heavy atom. The standard InChI is InChI=1S/C26H22FN5O3/c1-16-2-7-21(27)22(12-16)32-26(33)31-18-3-5-19(6-4-18)35-20-8-9-28-24(14-20)23-13-17(15-30-23)25-29-10-11-34-25/h2-9,12-15,30H,10-11H2,1H3,(H2,31,32,33). The number of nitrogens with one attached hydrogen (secondary N) is 3. The summed E-state index contributed by atoms with van der Waals surface area (Å²) < 4.78 is 25.3. The number of aromatic amines is 1. The predicted octanol–water partition coefficient (Wildman–Crippen LogP) is 5.74. The summed E-state index contributed by atoms with van der Waals surface area (Å²) in [7, 11) is 0. The molecule has 9 heteroatoms. The van der Waals surface area contributed by atoms with E-state index >= 15 is 0 Å². The van der Waals surface area contributed by atoms with Crippen molar-refractivity contribution in [3.05, 3.63) is 90.0 Å². The number of urea groups is 1. The second-order valence-corrected chi connectivity index (χ2v) is 7.90. The van der Waals surface area contributed by atoms with Crippen LogP contribution < -0.4 is 15.4 Å². The third-order valence-corrected chi connectivity index (χ3v) is 5.24. The van der Waals surface area contributed by atoms with Crippen molar-refractivity contribution in [1.82, 2.24) is 9.97 Å². The van der Waals surface area contributed by atoms with Crippen LogP contribution in [-0.4, -0.2) is 35.0 Å². The van der Waals surface area contributed by atoms with Gasteiger partial charge in [-0.05, 0) is 61.0 Å². The van der Waals surface area contributed by atoms with E-state index in [9.17, 15) is 9.18 Å². The average molecular weight is 471 g/mol. The van der Waals surface area contributed by atoms with Crippen LogP contribution in [0.2, 0.25) is 0 Å². The van der Waals surface area contributed by atoms with Crippen molar-refractivity contribution in [2.24, 2.45) is 4.99 Å². The van der Waals surface area contributed by atoms with E-state index in [-0.39, 0.29) is 5.69 Å². The van der Waals surface area contributed by atoms with Gasteiger partial charge in [0, 0.05) is 24.1 Å². The summed E-state index contributed by atoms with van der Waals surface area (Å²) in [5.74, 6) is 1.32. The maximum absolute atomic E-state index is 13.9. The molecule has 0 radical (unpaired) electrons. The molecule has 8 nitrogen and oxygen atoms in total. The van der Waals surface area contributed by atoms with Crippen molar-refractivity contribution in [1.29, 1.82) is 0 Å². The number of carbonyl (C=O) groups is 1. The van der Waals surface area contributed by atoms with Crippen LogP contribution in [0.15, 0.2) is 78.0 Å². The zero-order valence-electron chi connectivity index (χ0n) is 18.8. The van der Waals surface area contributed by atoms with E-state index in [1.54, 1.807) is 48.7 Å². The predicted molar refractivity (Wildman–Crippen MR) is 132 cm³/mol. The van der Waals surface area contributed by atoms with Gasteiger partial charge in [0.1, 0.15) is 23.9 Å². The molecule has 5 rings (SSSR count). The van der Waals surface area contributed by atoms with Gasteiger partial charge in [0.15, 0.2) is 0 Å². The Labute approximate surface area is 200 Å². The molecule has 1 aliphatic rings. The molecule has 0 saturated heterocycles. The number of carbonyl (C=O) groups excluding carboxylic acids is 1. The van der Waals surface area contributed by atoms with Crippen LogP contribution in [0.25, 0.3) is 11.4 Å². The Hall–Kier alpha value is -4.66. The molecule has 0 bridgehead atoms. The van der Waals surface area contributed by atoms with Gasteiger partial charge >= 0.3 is 6.03 Å². The van der Waals surface area contributed by atoms with Gasteiger partial charge in [0.25, 0.3) is 0 Å². The lowest BCUT2D eigenvalue weighted by Crippen LogP contribution is -2.20. The molecular formula is C26H22FN5O3. The topological polar surface area (TPSA) is 101 Å². The van der Waals surface area contributed by atoms with Gasteiger partial charge in [-0.25, -0.2) is 14.2 Å². The lowest BCUT2D eigenvalue weighted by molar-refractivity contribution is 0.262. The van der Waals surface area contributed by atoms with E-state index in [1.165, 1.54) is 6.07 Å². The van der Waals surface area contributed by atoms with E-state index in [1.807, 2.05) is 25.3 Å². The van der Waals surface area contributed by atoms with Crippen LogP contribution in [0, 0.1) is 12.7 Å². The lowest BCUT2D eigenvalue weighted by atomic mass is 10.2. The number of pyridine rings is 1. The number of rotatable bonds is 6. The van der Waals surface area contributed by atoms with E-state index in [4.69, 9.17) is 9.47 Å². The lowest BCUT2D eigenvalue weighted by Gasteiger charge is -2.10. The quantitative estimate of drug-likeness (QED) is 0.334. The van der Waals surface area contributed by atoms with Crippen LogP contribution in [0.3, 0.4) is 0 Å². The Balaban J connectivity index is 1.22. The van der Waals surface area contributed by atoms with Crippen molar-refractivity contribution in [2.45, 2.75) is 6.92 Å². The smallest absolute Gasteiger partial charge is 0.323 e. The maximum Gasteiger partial charge on any atom is 0.323 e. The highest BCUT2D eigenvalue weighted by molar-refractivity contribution is 6.00. The van der Waals surface area contributed by atoms with E-state index in [2.05, 4.69) is 25.6 Å². The summed E-state index contributed by atoms with van der Waals surface area (Å²) in [6.07, 6.45) is 3.50. The number of hydrogen-bond donors (Lipinski definition) is 3. The van der Waals surface area contributed by atoms with Crippen molar-refractivity contribution >= 4 is 23.3 Å². The fourth-order valence-electron chi connectivity index (χ4n) is 3.56. The third-order valence-electron chi connectivity index (χ3n) is 5.24. The number of ether oxygens (including phenoxy) is 2. The van der Waals surface area contributed by atoms with Gasteiger partial charge in [0.2, 0.25) is 5.90 Å². The number of aliphatic imine (C=N–C) groups is 1. The van der Waals surface area contributed by atoms with E-state index in [0.29, 0.717) is 41.9 Å². The first-order valence-corrected chi connectivity index (χ1v) is 11.0. The summed E-state index contributed by atoms with van der Waals surface area (Å²) in [5.41, 5.74) is 3.91. The van der Waals surface area contributed by atoms with Gasteiger partial charge in [-0.15, -0.1) is 0 Å². The summed E-state index contributed by atoms with van der Waals surface area (Å²) in [6, 6.07) is 16.3. The van der Waals surface area contributed by atoms with Gasteiger partial charge in [-0.2, -0.15) is 0 Å². The minimum Gasteiger partial charge on any atom is -0.475 e. The first kappa shape index (κ1) is 22.1. The Bertz CT molecular complexity index is 1400. The molecule has 0 unspecified atom stereocenters. The molecule has 0 saturated carbocycles. The van der Waals surface area contributed by atoms with Gasteiger partial charge in [-0.3, -0.25) is 4.98 Å². The highest BCUT2D eigenvalue weighted by Gasteiger charge is 2.14. The second-order valence-electron chi connectivity index (χ2n) is 7.90. The highest BCUT2D eigenvalue weighted by atomic mass is 19.1. The largest absolute Gasteiger partial charge is 0.475 e. The SMILES string of the molecule is Cc1ccc(F)c(NC(=O)Nc2ccc(Oc3ccnc(-c4cc(C5=NCCO5)c[nH]4)c3)cc2)c1. The molecule has 2 amide bonds. The number of halogens is 1. The Morgan fingerprint density at radius 2 is 1.91 bits per heavy atom. The number of nitrogens with zero attached hydrogens (tertiary/aromatic N) is 2. The number of aromatic nitrogens is 2. The molecular weight excluding hydrogens is 449 g/mol. The first-order valence-electron chi connectivity index (χ1n) is 11.0. The summed E-state index contributed by atoms with van der Waals surface area (Å²) >= 11 is 0. The minimum absolute atomic E-state index is 0.119. The maximum atomic E-state index is 13.9.